The lowest BCUT2D eigenvalue weighted by Gasteiger charge is -2.28. The van der Waals surface area contributed by atoms with E-state index < -0.39 is 46.4 Å². The Labute approximate surface area is 287 Å². The maximum absolute atomic E-state index is 13.9. The maximum atomic E-state index is 13.9. The van der Waals surface area contributed by atoms with Crippen LogP contribution in [0, 0.1) is 17.8 Å². The zero-order valence-corrected chi connectivity index (χ0v) is 29.1. The molecule has 1 heterocycles. The van der Waals surface area contributed by atoms with Crippen molar-refractivity contribution in [2.45, 2.75) is 133 Å². The van der Waals surface area contributed by atoms with Crippen molar-refractivity contribution in [3.05, 3.63) is 34.9 Å². The van der Waals surface area contributed by atoms with E-state index in [1.807, 2.05) is 38.1 Å². The molecule has 5 rings (SSSR count). The third-order valence-electron chi connectivity index (χ3n) is 9.96. The first kappa shape index (κ1) is 35.5. The summed E-state index contributed by atoms with van der Waals surface area (Å²) in [5.41, 5.74) is 0.664. The quantitative estimate of drug-likeness (QED) is 0.151. The summed E-state index contributed by atoms with van der Waals surface area (Å²) in [5.74, 6) is -2.15. The molecule has 1 saturated heterocycles. The van der Waals surface area contributed by atoms with E-state index in [0.29, 0.717) is 23.8 Å². The van der Waals surface area contributed by atoms with Crippen molar-refractivity contribution in [3.8, 4) is 0 Å². The summed E-state index contributed by atoms with van der Waals surface area (Å²) in [5, 5.41) is 8.48. The largest absolute Gasteiger partial charge is 0.445 e. The Morgan fingerprint density at radius 3 is 2.47 bits per heavy atom. The van der Waals surface area contributed by atoms with Gasteiger partial charge in [-0.15, -0.1) is 0 Å². The van der Waals surface area contributed by atoms with Crippen LogP contribution in [0.3, 0.4) is 0 Å². The number of carbonyl (C=O) groups excluding carboxylic acids is 5. The fourth-order valence-electron chi connectivity index (χ4n) is 7.38. The van der Waals surface area contributed by atoms with E-state index >= 15 is 0 Å². The Hall–Kier alpha value is -2.79. The number of ether oxygens (including phenoxy) is 1. The summed E-state index contributed by atoms with van der Waals surface area (Å²) in [7, 11) is 0. The summed E-state index contributed by atoms with van der Waals surface area (Å²) < 4.78 is 8.64. The van der Waals surface area contributed by atoms with E-state index in [2.05, 4.69) is 20.7 Å². The second-order valence-electron chi connectivity index (χ2n) is 14.6. The number of ketones is 1. The third kappa shape index (κ3) is 10.6. The minimum absolute atomic E-state index is 0.0220. The number of carbonyl (C=O) groups is 5. The van der Waals surface area contributed by atoms with Gasteiger partial charge in [0.25, 0.3) is 5.91 Å². The van der Waals surface area contributed by atoms with Crippen molar-refractivity contribution in [3.63, 3.8) is 0 Å². The molecule has 3 aliphatic carbocycles. The van der Waals surface area contributed by atoms with Crippen LogP contribution in [0.25, 0.3) is 0 Å². The van der Waals surface area contributed by atoms with Crippen molar-refractivity contribution in [2.24, 2.45) is 17.8 Å². The molecule has 0 radical (unpaired) electrons. The van der Waals surface area contributed by atoms with Gasteiger partial charge in [-0.25, -0.2) is 4.79 Å². The second kappa shape index (κ2) is 16.1. The second-order valence-corrected chi connectivity index (χ2v) is 16.0. The molecule has 12 heteroatoms. The van der Waals surface area contributed by atoms with Crippen molar-refractivity contribution in [1.82, 2.24) is 20.7 Å². The van der Waals surface area contributed by atoms with Crippen LogP contribution >= 0.6 is 23.5 Å². The average molecular weight is 689 g/mol. The molecule has 0 spiro atoms. The Morgan fingerprint density at radius 2 is 1.79 bits per heavy atom. The van der Waals surface area contributed by atoms with Crippen molar-refractivity contribution < 1.29 is 28.7 Å². The van der Waals surface area contributed by atoms with Gasteiger partial charge < -0.3 is 20.7 Å². The predicted octanol–water partition coefficient (Wildman–Crippen LogP) is 5.40. The number of Topliss-reactive ketones (excluding diaryl/α,β-unsaturated/α-hetero) is 1. The van der Waals surface area contributed by atoms with Crippen LogP contribution in [0.15, 0.2) is 24.3 Å². The summed E-state index contributed by atoms with van der Waals surface area (Å²) in [4.78, 5) is 65.9. The summed E-state index contributed by atoms with van der Waals surface area (Å²) in [6.45, 7) is 3.82. The highest BCUT2D eigenvalue weighted by Crippen LogP contribution is 2.34. The molecule has 10 nitrogen and oxygen atoms in total. The van der Waals surface area contributed by atoms with Gasteiger partial charge in [-0.1, -0.05) is 55.8 Å². The number of hydrogen-bond acceptors (Lipinski definition) is 7. The Bertz CT molecular complexity index is 1320. The Kier molecular flexibility index (Phi) is 12.1. The molecule has 0 aromatic heterocycles. The molecule has 4 N–H and O–H groups in total. The lowest BCUT2D eigenvalue weighted by Crippen LogP contribution is -2.51. The van der Waals surface area contributed by atoms with E-state index in [1.54, 1.807) is 0 Å². The highest BCUT2D eigenvalue weighted by molar-refractivity contribution is 7.99. The molecule has 5 atom stereocenters. The lowest BCUT2D eigenvalue weighted by atomic mass is 9.86. The van der Waals surface area contributed by atoms with Gasteiger partial charge in [0.15, 0.2) is 0 Å². The maximum Gasteiger partial charge on any atom is 0.417 e. The molecule has 1 aromatic rings. The van der Waals surface area contributed by atoms with Crippen LogP contribution in [-0.4, -0.2) is 58.6 Å². The fraction of sp³-hybridized carbons (Fsp3) is 0.686. The minimum atomic E-state index is -1.15. The molecule has 4 fully saturated rings. The number of hydrogen-bond donors (Lipinski definition) is 4. The molecule has 3 saturated carbocycles. The fourth-order valence-corrected chi connectivity index (χ4v) is 8.42. The van der Waals surface area contributed by atoms with Gasteiger partial charge in [-0.2, -0.15) is 0 Å². The third-order valence-corrected chi connectivity index (χ3v) is 11.2. The summed E-state index contributed by atoms with van der Waals surface area (Å²) in [6, 6.07) is 6.55. The van der Waals surface area contributed by atoms with E-state index in [0.717, 1.165) is 88.1 Å². The first-order valence-electron chi connectivity index (χ1n) is 17.3. The molecule has 4 unspecified atom stereocenters. The number of benzene rings is 1. The van der Waals surface area contributed by atoms with Gasteiger partial charge in [-0.05, 0) is 107 Å². The molecular formula is C35H49ClN4O6S. The van der Waals surface area contributed by atoms with Crippen LogP contribution in [0.2, 0.25) is 5.02 Å². The molecule has 4 amide bonds. The van der Waals surface area contributed by atoms with Gasteiger partial charge >= 0.3 is 6.09 Å². The van der Waals surface area contributed by atoms with Crippen molar-refractivity contribution in [1.29, 1.82) is 0 Å². The van der Waals surface area contributed by atoms with Gasteiger partial charge in [0.05, 0.1) is 6.04 Å². The zero-order valence-electron chi connectivity index (χ0n) is 27.5. The normalized spacial score (nSPS) is 25.3. The Balaban J connectivity index is 1.23. The molecule has 1 aliphatic heterocycles. The number of amides is 4. The molecular weight excluding hydrogens is 640 g/mol. The smallest absolute Gasteiger partial charge is 0.417 e. The summed E-state index contributed by atoms with van der Waals surface area (Å²) in [6.07, 6.45) is 10.6. The van der Waals surface area contributed by atoms with Crippen LogP contribution in [0.5, 0.6) is 0 Å². The van der Waals surface area contributed by atoms with E-state index in [4.69, 9.17) is 16.3 Å². The van der Waals surface area contributed by atoms with Gasteiger partial charge in [0.2, 0.25) is 17.6 Å². The Morgan fingerprint density at radius 1 is 1.02 bits per heavy atom. The van der Waals surface area contributed by atoms with Crippen molar-refractivity contribution in [2.75, 3.05) is 0 Å². The predicted molar refractivity (Wildman–Crippen MR) is 182 cm³/mol. The van der Waals surface area contributed by atoms with E-state index in [-0.39, 0.29) is 30.4 Å². The molecule has 1 aromatic carbocycles. The number of rotatable bonds is 14. The highest BCUT2D eigenvalue weighted by atomic mass is 35.5. The molecule has 258 valence electrons. The van der Waals surface area contributed by atoms with Gasteiger partial charge in [0.1, 0.15) is 11.4 Å². The monoisotopic (exact) mass is 688 g/mol. The van der Waals surface area contributed by atoms with Gasteiger partial charge in [-0.3, -0.25) is 23.9 Å². The number of nitrogens with one attached hydrogen (secondary N) is 4. The molecule has 47 heavy (non-hydrogen) atoms. The van der Waals surface area contributed by atoms with E-state index in [1.165, 1.54) is 0 Å². The highest BCUT2D eigenvalue weighted by Gasteiger charge is 2.42. The summed E-state index contributed by atoms with van der Waals surface area (Å²) >= 11 is 7.18. The lowest BCUT2D eigenvalue weighted by molar-refractivity contribution is -0.140. The molecule has 0 bridgehead atoms. The van der Waals surface area contributed by atoms with E-state index in [9.17, 15) is 24.0 Å². The zero-order chi connectivity index (χ0) is 33.6. The topological polar surface area (TPSA) is 143 Å². The number of halogens is 1. The van der Waals surface area contributed by atoms with Crippen molar-refractivity contribution >= 4 is 53.1 Å². The van der Waals surface area contributed by atoms with Gasteiger partial charge in [0, 0.05) is 28.4 Å². The standard InChI is InChI=1S/C35H49ClN4O6S/c1-35(2)20-24(31(42)39-35)19-27(30(41)33(44)37-26-14-15-26)38-32(43)29(18-21-8-4-3-5-9-21)47-40-34(45)46-28-13-7-11-23(28)16-22-10-6-12-25(36)17-22/h6,10,12,17,21,23-24,26-29H,3-5,7-9,11,13-16,18-20H2,1-2H3,(H,37,44)(H,38,43)(H,39,42)(H,40,45)/t23?,24?,27?,28?,29-/m0/s1. The SMILES string of the molecule is CC1(C)CC(CC(NC(=O)[C@H](CC2CCCCC2)SNC(=O)OC2CCCC2Cc2cccc(Cl)c2)C(=O)C(=O)NC2CC2)C(=O)N1. The first-order chi connectivity index (χ1) is 22.5. The molecule has 4 aliphatic rings. The minimum Gasteiger partial charge on any atom is -0.445 e. The average Bonchev–Trinajstić information content (AvgIpc) is 3.67. The van der Waals surface area contributed by atoms with Crippen LogP contribution in [0.1, 0.15) is 103 Å². The van der Waals surface area contributed by atoms with Crippen LogP contribution in [-0.2, 0) is 30.3 Å². The van der Waals surface area contributed by atoms with Crippen LogP contribution < -0.4 is 20.7 Å². The van der Waals surface area contributed by atoms with Crippen LogP contribution in [0.4, 0.5) is 4.79 Å². The first-order valence-corrected chi connectivity index (χ1v) is 18.6.